The molecule has 3 aromatic rings. The van der Waals surface area contributed by atoms with Crippen LogP contribution in [0.25, 0.3) is 10.2 Å². The van der Waals surface area contributed by atoms with Crippen molar-refractivity contribution in [2.45, 2.75) is 51.3 Å². The normalized spacial score (nSPS) is 21.7. The zero-order chi connectivity index (χ0) is 24.5. The van der Waals surface area contributed by atoms with E-state index in [0.717, 1.165) is 65.4 Å². The molecule has 0 aliphatic carbocycles. The summed E-state index contributed by atoms with van der Waals surface area (Å²) in [5.41, 5.74) is 16.1. The first kappa shape index (κ1) is 23.8. The molecule has 35 heavy (non-hydrogen) atoms. The average molecular weight is 496 g/mol. The van der Waals surface area contributed by atoms with Crippen LogP contribution < -0.4 is 26.4 Å². The molecule has 4 heterocycles. The summed E-state index contributed by atoms with van der Waals surface area (Å²) in [6, 6.07) is 9.96. The van der Waals surface area contributed by atoms with Crippen LogP contribution in [-0.2, 0) is 11.2 Å². The molecule has 186 valence electrons. The molecule has 0 radical (unpaired) electrons. The van der Waals surface area contributed by atoms with Gasteiger partial charge in [-0.1, -0.05) is 19.4 Å². The number of carbonyl (C=O) groups is 1. The molecule has 0 saturated carbocycles. The molecule has 5 rings (SSSR count). The molecule has 5 N–H and O–H groups in total. The number of fused-ring (bicyclic) bond motifs is 2. The van der Waals surface area contributed by atoms with Crippen LogP contribution in [0.1, 0.15) is 40.7 Å². The van der Waals surface area contributed by atoms with E-state index < -0.39 is 0 Å². The first-order valence-corrected chi connectivity index (χ1v) is 13.1. The smallest absolute Gasteiger partial charge is 0.263 e. The predicted octanol–water partition coefficient (Wildman–Crippen LogP) is 3.25. The van der Waals surface area contributed by atoms with Crippen molar-refractivity contribution in [1.29, 1.82) is 0 Å². The molecule has 2 aliphatic rings. The Morgan fingerprint density at radius 1 is 1.31 bits per heavy atom. The molecular weight excluding hydrogens is 462 g/mol. The largest absolute Gasteiger partial charge is 0.491 e. The Morgan fingerprint density at radius 3 is 3.00 bits per heavy atom. The maximum absolute atomic E-state index is 13.0. The topological polar surface area (TPSA) is 116 Å². The van der Waals surface area contributed by atoms with E-state index >= 15 is 0 Å². The molecule has 8 nitrogen and oxygen atoms in total. The number of amides is 1. The Hall–Kier alpha value is -2.88. The number of thiophene rings is 1. The molecule has 0 bridgehead atoms. The van der Waals surface area contributed by atoms with E-state index in [1.807, 2.05) is 19.1 Å². The number of unbranched alkanes of at least 4 members (excludes halogenated alkanes) is 1. The van der Waals surface area contributed by atoms with Crippen molar-refractivity contribution in [1.82, 2.24) is 10.3 Å². The van der Waals surface area contributed by atoms with Gasteiger partial charge in [0.15, 0.2) is 0 Å². The Bertz CT molecular complexity index is 1230. The van der Waals surface area contributed by atoms with E-state index in [9.17, 15) is 4.79 Å². The molecule has 9 heteroatoms. The number of nitrogen functional groups attached to an aromatic ring is 1. The van der Waals surface area contributed by atoms with Crippen LogP contribution in [0, 0.1) is 6.92 Å². The molecule has 1 fully saturated rings. The molecule has 2 aliphatic heterocycles. The van der Waals surface area contributed by atoms with Gasteiger partial charge >= 0.3 is 0 Å². The van der Waals surface area contributed by atoms with E-state index in [0.29, 0.717) is 23.6 Å². The SMILES string of the molecule is CCCCOC1CN(c2ccc3c(c2)OCC(NC(=O)c2sc4nc(C)ccc4c2N)C3)CC1N. The van der Waals surface area contributed by atoms with Crippen molar-refractivity contribution >= 4 is 38.8 Å². The highest BCUT2D eigenvalue weighted by atomic mass is 32.1. The Labute approximate surface area is 209 Å². The number of hydrogen-bond donors (Lipinski definition) is 3. The minimum absolute atomic E-state index is 0.00357. The van der Waals surface area contributed by atoms with E-state index in [4.69, 9.17) is 20.9 Å². The summed E-state index contributed by atoms with van der Waals surface area (Å²) < 4.78 is 12.1. The monoisotopic (exact) mass is 495 g/mol. The fraction of sp³-hybridized carbons (Fsp3) is 0.462. The number of ether oxygens (including phenoxy) is 2. The van der Waals surface area contributed by atoms with Crippen molar-refractivity contribution in [3.63, 3.8) is 0 Å². The molecule has 1 saturated heterocycles. The van der Waals surface area contributed by atoms with Crippen molar-refractivity contribution in [2.75, 3.05) is 36.9 Å². The molecule has 3 atom stereocenters. The van der Waals surface area contributed by atoms with E-state index in [-0.39, 0.29) is 24.1 Å². The quantitative estimate of drug-likeness (QED) is 0.431. The lowest BCUT2D eigenvalue weighted by atomic mass is 10.0. The number of aryl methyl sites for hydroxylation is 1. The number of benzene rings is 1. The number of rotatable bonds is 7. The third-order valence-electron chi connectivity index (χ3n) is 6.74. The molecule has 2 aromatic heterocycles. The summed E-state index contributed by atoms with van der Waals surface area (Å²) in [6.07, 6.45) is 2.92. The van der Waals surface area contributed by atoms with Crippen LogP contribution in [0.5, 0.6) is 5.75 Å². The summed E-state index contributed by atoms with van der Waals surface area (Å²) in [5, 5.41) is 3.92. The lowest BCUT2D eigenvalue weighted by molar-refractivity contribution is 0.0562. The minimum Gasteiger partial charge on any atom is -0.491 e. The second-order valence-electron chi connectivity index (χ2n) is 9.46. The number of nitrogens with one attached hydrogen (secondary N) is 1. The lowest BCUT2D eigenvalue weighted by Crippen LogP contribution is -2.42. The highest BCUT2D eigenvalue weighted by molar-refractivity contribution is 7.21. The van der Waals surface area contributed by atoms with Gasteiger partial charge < -0.3 is 31.2 Å². The van der Waals surface area contributed by atoms with Gasteiger partial charge in [0.1, 0.15) is 22.1 Å². The maximum atomic E-state index is 13.0. The van der Waals surface area contributed by atoms with Crippen molar-refractivity contribution in [2.24, 2.45) is 5.73 Å². The molecule has 0 spiro atoms. The summed E-state index contributed by atoms with van der Waals surface area (Å²) in [5.74, 6) is 0.676. The third kappa shape index (κ3) is 4.94. The van der Waals surface area contributed by atoms with Crippen LogP contribution in [-0.4, -0.2) is 55.4 Å². The first-order valence-electron chi connectivity index (χ1n) is 12.3. The van der Waals surface area contributed by atoms with Crippen molar-refractivity contribution < 1.29 is 14.3 Å². The summed E-state index contributed by atoms with van der Waals surface area (Å²) >= 11 is 1.33. The van der Waals surface area contributed by atoms with Gasteiger partial charge in [-0.3, -0.25) is 4.79 Å². The highest BCUT2D eigenvalue weighted by Gasteiger charge is 2.32. The average Bonchev–Trinajstić information content (AvgIpc) is 3.38. The lowest BCUT2D eigenvalue weighted by Gasteiger charge is -2.28. The van der Waals surface area contributed by atoms with Gasteiger partial charge in [0.05, 0.1) is 23.9 Å². The van der Waals surface area contributed by atoms with Crippen LogP contribution in [0.3, 0.4) is 0 Å². The molecule has 3 unspecified atom stereocenters. The number of anilines is 2. The number of pyridine rings is 1. The van der Waals surface area contributed by atoms with E-state index in [2.05, 4.69) is 40.3 Å². The minimum atomic E-state index is -0.183. The summed E-state index contributed by atoms with van der Waals surface area (Å²) in [6.45, 7) is 6.80. The fourth-order valence-corrected chi connectivity index (χ4v) is 5.77. The zero-order valence-electron chi connectivity index (χ0n) is 20.3. The molecular formula is C26H33N5O3S. The van der Waals surface area contributed by atoms with Crippen LogP contribution in [0.15, 0.2) is 30.3 Å². The standard InChI is InChI=1S/C26H33N5O3S/c1-3-4-9-33-22-13-31(12-20(22)27)18-7-6-16-10-17(14-34-21(16)11-18)30-25(32)24-23(28)19-8-5-15(2)29-26(19)35-24/h5-8,11,17,20,22H,3-4,9-10,12-14,27-28H2,1-2H3,(H,30,32). The highest BCUT2D eigenvalue weighted by Crippen LogP contribution is 2.34. The zero-order valence-corrected chi connectivity index (χ0v) is 21.1. The van der Waals surface area contributed by atoms with Gasteiger partial charge in [0.2, 0.25) is 0 Å². The number of carbonyl (C=O) groups excluding carboxylic acids is 1. The molecule has 1 aromatic carbocycles. The number of hydrogen-bond acceptors (Lipinski definition) is 8. The second-order valence-corrected chi connectivity index (χ2v) is 10.5. The first-order chi connectivity index (χ1) is 16.9. The fourth-order valence-electron chi connectivity index (χ4n) is 4.72. The maximum Gasteiger partial charge on any atom is 0.263 e. The van der Waals surface area contributed by atoms with E-state index in [1.54, 1.807) is 0 Å². The Kier molecular flexibility index (Phi) is 6.82. The number of nitrogens with two attached hydrogens (primary N) is 2. The van der Waals surface area contributed by atoms with Gasteiger partial charge in [-0.25, -0.2) is 4.98 Å². The van der Waals surface area contributed by atoms with Gasteiger partial charge in [-0.15, -0.1) is 11.3 Å². The Morgan fingerprint density at radius 2 is 2.17 bits per heavy atom. The van der Waals surface area contributed by atoms with E-state index in [1.165, 1.54) is 11.3 Å². The number of aromatic nitrogens is 1. The van der Waals surface area contributed by atoms with Gasteiger partial charge in [-0.05, 0) is 43.5 Å². The third-order valence-corrected chi connectivity index (χ3v) is 7.85. The Balaban J connectivity index is 1.22. The molecule has 1 amide bonds. The summed E-state index contributed by atoms with van der Waals surface area (Å²) in [4.78, 5) is 21.0. The van der Waals surface area contributed by atoms with Crippen molar-refractivity contribution in [3.05, 3.63) is 46.5 Å². The van der Waals surface area contributed by atoms with Gasteiger partial charge in [0.25, 0.3) is 5.91 Å². The van der Waals surface area contributed by atoms with Crippen molar-refractivity contribution in [3.8, 4) is 5.75 Å². The predicted molar refractivity (Wildman–Crippen MR) is 141 cm³/mol. The number of nitrogens with zero attached hydrogens (tertiary/aromatic N) is 2. The summed E-state index contributed by atoms with van der Waals surface area (Å²) in [7, 11) is 0. The van der Waals surface area contributed by atoms with Crippen LogP contribution in [0.4, 0.5) is 11.4 Å². The second kappa shape index (κ2) is 10.0. The van der Waals surface area contributed by atoms with Crippen LogP contribution in [0.2, 0.25) is 0 Å². The van der Waals surface area contributed by atoms with Gasteiger partial charge in [-0.2, -0.15) is 0 Å². The van der Waals surface area contributed by atoms with Crippen LogP contribution >= 0.6 is 11.3 Å². The van der Waals surface area contributed by atoms with Gasteiger partial charge in [0, 0.05) is 42.5 Å².